The molecule has 5 nitrogen and oxygen atoms in total. The van der Waals surface area contributed by atoms with Crippen molar-refractivity contribution in [1.29, 1.82) is 0 Å². The van der Waals surface area contributed by atoms with Crippen molar-refractivity contribution >= 4 is 0 Å². The minimum absolute atomic E-state index is 0.275. The van der Waals surface area contributed by atoms with Gasteiger partial charge in [0.05, 0.1) is 6.54 Å². The molecule has 0 unspecified atom stereocenters. The first-order chi connectivity index (χ1) is 9.13. The average molecular weight is 271 g/mol. The number of benzene rings is 1. The highest BCUT2D eigenvalue weighted by atomic mass is 19.2. The molecule has 2 rings (SSSR count). The Balaban J connectivity index is 2.34. The molecule has 1 heterocycles. The fourth-order valence-corrected chi connectivity index (χ4v) is 1.58. The quantitative estimate of drug-likeness (QED) is 0.662. The van der Waals surface area contributed by atoms with E-state index in [1.54, 1.807) is 0 Å². The molecule has 0 bridgehead atoms. The summed E-state index contributed by atoms with van der Waals surface area (Å²) in [6.07, 6.45) is 0.907. The van der Waals surface area contributed by atoms with E-state index in [-0.39, 0.29) is 18.1 Å². The van der Waals surface area contributed by atoms with Crippen molar-refractivity contribution in [3.8, 4) is 5.69 Å². The van der Waals surface area contributed by atoms with Gasteiger partial charge in [0.15, 0.2) is 17.5 Å². The number of tetrazole rings is 1. The summed E-state index contributed by atoms with van der Waals surface area (Å²) in [5.74, 6) is -3.09. The SMILES string of the molecule is CCCNCc1nnnn1-c1cc(F)cc(F)c1F. The smallest absolute Gasteiger partial charge is 0.184 e. The van der Waals surface area contributed by atoms with Gasteiger partial charge in [0.2, 0.25) is 0 Å². The van der Waals surface area contributed by atoms with Gasteiger partial charge in [-0.15, -0.1) is 5.10 Å². The van der Waals surface area contributed by atoms with Crippen LogP contribution >= 0.6 is 0 Å². The van der Waals surface area contributed by atoms with Gasteiger partial charge in [-0.2, -0.15) is 4.68 Å². The molecule has 0 aliphatic carbocycles. The number of aromatic nitrogens is 4. The van der Waals surface area contributed by atoms with Crippen LogP contribution in [0.1, 0.15) is 19.2 Å². The first-order valence-corrected chi connectivity index (χ1v) is 5.76. The molecule has 0 amide bonds. The number of rotatable bonds is 5. The van der Waals surface area contributed by atoms with Crippen LogP contribution in [0.15, 0.2) is 12.1 Å². The molecule has 0 atom stereocenters. The van der Waals surface area contributed by atoms with Crippen molar-refractivity contribution in [2.24, 2.45) is 0 Å². The number of nitrogens with one attached hydrogen (secondary N) is 1. The molecule has 0 fully saturated rings. The topological polar surface area (TPSA) is 55.6 Å². The third-order valence-electron chi connectivity index (χ3n) is 2.45. The third kappa shape index (κ3) is 2.90. The van der Waals surface area contributed by atoms with E-state index in [9.17, 15) is 13.2 Å². The standard InChI is InChI=1S/C11H12F3N5/c1-2-3-15-6-10-16-17-18-19(10)9-5-7(12)4-8(13)11(9)14/h4-5,15H,2-3,6H2,1H3. The molecule has 2 aromatic rings. The van der Waals surface area contributed by atoms with E-state index in [4.69, 9.17) is 0 Å². The molecular weight excluding hydrogens is 259 g/mol. The summed E-state index contributed by atoms with van der Waals surface area (Å²) in [7, 11) is 0. The first kappa shape index (κ1) is 13.5. The normalized spacial score (nSPS) is 10.9. The molecule has 19 heavy (non-hydrogen) atoms. The molecule has 0 spiro atoms. The van der Waals surface area contributed by atoms with Gasteiger partial charge >= 0.3 is 0 Å². The maximum absolute atomic E-state index is 13.6. The highest BCUT2D eigenvalue weighted by Gasteiger charge is 2.17. The third-order valence-corrected chi connectivity index (χ3v) is 2.45. The lowest BCUT2D eigenvalue weighted by Gasteiger charge is -2.07. The van der Waals surface area contributed by atoms with E-state index in [2.05, 4.69) is 20.8 Å². The lowest BCUT2D eigenvalue weighted by Crippen LogP contribution is -2.18. The molecular formula is C11H12F3N5. The first-order valence-electron chi connectivity index (χ1n) is 5.76. The predicted molar refractivity (Wildman–Crippen MR) is 61.0 cm³/mol. The van der Waals surface area contributed by atoms with Gasteiger partial charge in [-0.25, -0.2) is 13.2 Å². The molecule has 0 saturated heterocycles. The van der Waals surface area contributed by atoms with Crippen molar-refractivity contribution < 1.29 is 13.2 Å². The van der Waals surface area contributed by atoms with Crippen LogP contribution in [0.3, 0.4) is 0 Å². The zero-order valence-electron chi connectivity index (χ0n) is 10.2. The average Bonchev–Trinajstić information content (AvgIpc) is 2.82. The second-order valence-electron chi connectivity index (χ2n) is 3.90. The minimum Gasteiger partial charge on any atom is -0.310 e. The maximum Gasteiger partial charge on any atom is 0.184 e. The number of nitrogens with zero attached hydrogens (tertiary/aromatic N) is 4. The monoisotopic (exact) mass is 271 g/mol. The molecule has 1 aromatic heterocycles. The Labute approximate surface area is 107 Å². The van der Waals surface area contributed by atoms with Crippen LogP contribution in [-0.2, 0) is 6.54 Å². The van der Waals surface area contributed by atoms with Crippen LogP contribution in [-0.4, -0.2) is 26.8 Å². The Morgan fingerprint density at radius 3 is 2.79 bits per heavy atom. The van der Waals surface area contributed by atoms with Crippen molar-refractivity contribution in [2.45, 2.75) is 19.9 Å². The van der Waals surface area contributed by atoms with Crippen LogP contribution in [0.25, 0.3) is 5.69 Å². The van der Waals surface area contributed by atoms with Crippen molar-refractivity contribution in [3.05, 3.63) is 35.4 Å². The highest BCUT2D eigenvalue weighted by Crippen LogP contribution is 2.18. The molecule has 0 aliphatic heterocycles. The zero-order valence-corrected chi connectivity index (χ0v) is 10.2. The summed E-state index contributed by atoms with van der Waals surface area (Å²) in [4.78, 5) is 0. The number of halogens is 3. The van der Waals surface area contributed by atoms with Gasteiger partial charge < -0.3 is 5.32 Å². The van der Waals surface area contributed by atoms with Gasteiger partial charge in [0, 0.05) is 12.1 Å². The Hall–Kier alpha value is -1.96. The fraction of sp³-hybridized carbons (Fsp3) is 0.364. The van der Waals surface area contributed by atoms with Crippen LogP contribution < -0.4 is 5.32 Å². The fourth-order valence-electron chi connectivity index (χ4n) is 1.58. The van der Waals surface area contributed by atoms with Crippen molar-refractivity contribution in [2.75, 3.05) is 6.54 Å². The number of hydrogen-bond donors (Lipinski definition) is 1. The molecule has 102 valence electrons. The molecule has 0 saturated carbocycles. The van der Waals surface area contributed by atoms with Crippen LogP contribution in [0, 0.1) is 17.5 Å². The Bertz CT molecular complexity index is 569. The minimum atomic E-state index is -1.28. The summed E-state index contributed by atoms with van der Waals surface area (Å²) >= 11 is 0. The summed E-state index contributed by atoms with van der Waals surface area (Å²) in [5, 5.41) is 13.7. The zero-order chi connectivity index (χ0) is 13.8. The van der Waals surface area contributed by atoms with E-state index in [0.29, 0.717) is 6.07 Å². The second-order valence-corrected chi connectivity index (χ2v) is 3.90. The van der Waals surface area contributed by atoms with E-state index in [1.807, 2.05) is 6.92 Å². The Kier molecular flexibility index (Phi) is 4.10. The summed E-state index contributed by atoms with van der Waals surface area (Å²) in [6.45, 7) is 2.99. The largest absolute Gasteiger partial charge is 0.310 e. The van der Waals surface area contributed by atoms with Gasteiger partial charge in [-0.3, -0.25) is 0 Å². The van der Waals surface area contributed by atoms with E-state index in [1.165, 1.54) is 0 Å². The molecule has 0 radical (unpaired) electrons. The maximum atomic E-state index is 13.6. The summed E-state index contributed by atoms with van der Waals surface area (Å²) < 4.78 is 40.9. The second kappa shape index (κ2) is 5.79. The van der Waals surface area contributed by atoms with E-state index < -0.39 is 17.5 Å². The highest BCUT2D eigenvalue weighted by molar-refractivity contribution is 5.34. The van der Waals surface area contributed by atoms with Crippen LogP contribution in [0.2, 0.25) is 0 Å². The Morgan fingerprint density at radius 1 is 1.26 bits per heavy atom. The van der Waals surface area contributed by atoms with Gasteiger partial charge in [-0.1, -0.05) is 6.92 Å². The van der Waals surface area contributed by atoms with E-state index in [0.717, 1.165) is 23.7 Å². The molecule has 0 aliphatic rings. The van der Waals surface area contributed by atoms with E-state index >= 15 is 0 Å². The lowest BCUT2D eigenvalue weighted by molar-refractivity contribution is 0.484. The summed E-state index contributed by atoms with van der Waals surface area (Å²) in [6, 6.07) is 1.32. The van der Waals surface area contributed by atoms with Gasteiger partial charge in [0.25, 0.3) is 0 Å². The van der Waals surface area contributed by atoms with Gasteiger partial charge in [-0.05, 0) is 23.4 Å². The molecule has 8 heteroatoms. The summed E-state index contributed by atoms with van der Waals surface area (Å²) in [5.41, 5.74) is -0.351. The molecule has 1 aromatic carbocycles. The van der Waals surface area contributed by atoms with Crippen molar-refractivity contribution in [1.82, 2.24) is 25.5 Å². The van der Waals surface area contributed by atoms with Crippen LogP contribution in [0.4, 0.5) is 13.2 Å². The Morgan fingerprint density at radius 2 is 2.05 bits per heavy atom. The van der Waals surface area contributed by atoms with Gasteiger partial charge in [0.1, 0.15) is 11.5 Å². The number of hydrogen-bond acceptors (Lipinski definition) is 4. The lowest BCUT2D eigenvalue weighted by atomic mass is 10.3. The molecule has 1 N–H and O–H groups in total. The predicted octanol–water partition coefficient (Wildman–Crippen LogP) is 1.58. The van der Waals surface area contributed by atoms with Crippen molar-refractivity contribution in [3.63, 3.8) is 0 Å². The van der Waals surface area contributed by atoms with Crippen LogP contribution in [0.5, 0.6) is 0 Å².